The van der Waals surface area contributed by atoms with Crippen molar-refractivity contribution < 1.29 is 8.42 Å². The van der Waals surface area contributed by atoms with E-state index in [1.807, 2.05) is 0 Å². The fourth-order valence-electron chi connectivity index (χ4n) is 1.45. The van der Waals surface area contributed by atoms with Gasteiger partial charge in [-0.25, -0.2) is 8.42 Å². The van der Waals surface area contributed by atoms with Crippen LogP contribution in [0.5, 0.6) is 0 Å². The average Bonchev–Trinajstić information content (AvgIpc) is 2.36. The minimum Gasteiger partial charge on any atom is -0.398 e. The predicted octanol–water partition coefficient (Wildman–Crippen LogP) is 4.14. The van der Waals surface area contributed by atoms with Gasteiger partial charge >= 0.3 is 0 Å². The van der Waals surface area contributed by atoms with E-state index in [1.54, 1.807) is 18.2 Å². The Balaban J connectivity index is 2.38. The highest BCUT2D eigenvalue weighted by Crippen LogP contribution is 2.29. The van der Waals surface area contributed by atoms with Crippen LogP contribution >= 0.6 is 39.1 Å². The first kappa shape index (κ1) is 15.4. The Bertz CT molecular complexity index is 766. The standard InChI is InChI=1S/C12H9BrCl2N2O2S/c13-9-5-7(14)1-4-12(9)17-20(18,19)8-2-3-11(16)10(15)6-8/h1-6,17H,16H2. The monoisotopic (exact) mass is 394 g/mol. The molecule has 2 aromatic carbocycles. The van der Waals surface area contributed by atoms with Gasteiger partial charge in [-0.3, -0.25) is 4.72 Å². The van der Waals surface area contributed by atoms with E-state index >= 15 is 0 Å². The number of sulfonamides is 1. The molecule has 0 spiro atoms. The summed E-state index contributed by atoms with van der Waals surface area (Å²) in [5.74, 6) is 0. The summed E-state index contributed by atoms with van der Waals surface area (Å²) in [6.45, 7) is 0. The van der Waals surface area contributed by atoms with Gasteiger partial charge in [0, 0.05) is 9.50 Å². The molecule has 3 N–H and O–H groups in total. The SMILES string of the molecule is Nc1ccc(S(=O)(=O)Nc2ccc(Cl)cc2Br)cc1Cl. The Labute approximate surface area is 135 Å². The lowest BCUT2D eigenvalue weighted by Gasteiger charge is -2.10. The molecule has 0 aromatic heterocycles. The molecule has 8 heteroatoms. The first-order valence-electron chi connectivity index (χ1n) is 5.32. The highest BCUT2D eigenvalue weighted by atomic mass is 79.9. The summed E-state index contributed by atoms with van der Waals surface area (Å²) in [7, 11) is -3.75. The third kappa shape index (κ3) is 3.38. The van der Waals surface area contributed by atoms with Crippen molar-refractivity contribution in [2.24, 2.45) is 0 Å². The van der Waals surface area contributed by atoms with E-state index in [2.05, 4.69) is 20.7 Å². The Morgan fingerprint density at radius 3 is 2.40 bits per heavy atom. The van der Waals surface area contributed by atoms with Crippen LogP contribution in [-0.2, 0) is 10.0 Å². The van der Waals surface area contributed by atoms with E-state index in [0.29, 0.717) is 20.9 Å². The van der Waals surface area contributed by atoms with Crippen LogP contribution in [0.25, 0.3) is 0 Å². The van der Waals surface area contributed by atoms with Crippen molar-refractivity contribution >= 4 is 60.5 Å². The van der Waals surface area contributed by atoms with Gasteiger partial charge in [0.25, 0.3) is 10.0 Å². The van der Waals surface area contributed by atoms with Crippen LogP contribution in [-0.4, -0.2) is 8.42 Å². The van der Waals surface area contributed by atoms with Crippen LogP contribution in [0.15, 0.2) is 45.8 Å². The van der Waals surface area contributed by atoms with Crippen LogP contribution in [0, 0.1) is 0 Å². The fraction of sp³-hybridized carbons (Fsp3) is 0. The number of benzene rings is 2. The molecular formula is C12H9BrCl2N2O2S. The zero-order valence-electron chi connectivity index (χ0n) is 9.90. The van der Waals surface area contributed by atoms with Gasteiger partial charge in [0.05, 0.1) is 21.3 Å². The van der Waals surface area contributed by atoms with Gasteiger partial charge in [-0.2, -0.15) is 0 Å². The lowest BCUT2D eigenvalue weighted by molar-refractivity contribution is 0.601. The summed E-state index contributed by atoms with van der Waals surface area (Å²) in [5.41, 5.74) is 6.25. The molecule has 0 bridgehead atoms. The third-order valence-corrected chi connectivity index (χ3v) is 5.04. The highest BCUT2D eigenvalue weighted by molar-refractivity contribution is 9.10. The largest absolute Gasteiger partial charge is 0.398 e. The lowest BCUT2D eigenvalue weighted by atomic mass is 10.3. The van der Waals surface area contributed by atoms with Crippen LogP contribution < -0.4 is 10.5 Å². The number of anilines is 2. The maximum Gasteiger partial charge on any atom is 0.261 e. The van der Waals surface area contributed by atoms with Crippen molar-refractivity contribution in [2.45, 2.75) is 4.90 Å². The Hall–Kier alpha value is -0.950. The van der Waals surface area contributed by atoms with E-state index in [1.165, 1.54) is 18.2 Å². The second-order valence-electron chi connectivity index (χ2n) is 3.91. The first-order valence-corrected chi connectivity index (χ1v) is 8.36. The number of hydrogen-bond donors (Lipinski definition) is 2. The second-order valence-corrected chi connectivity index (χ2v) is 7.29. The van der Waals surface area contributed by atoms with Crippen molar-refractivity contribution in [3.8, 4) is 0 Å². The molecule has 4 nitrogen and oxygen atoms in total. The minimum absolute atomic E-state index is 0.0264. The van der Waals surface area contributed by atoms with E-state index in [0.717, 1.165) is 0 Å². The number of hydrogen-bond acceptors (Lipinski definition) is 3. The molecule has 0 unspecified atom stereocenters. The van der Waals surface area contributed by atoms with Crippen molar-refractivity contribution in [2.75, 3.05) is 10.5 Å². The molecule has 0 radical (unpaired) electrons. The molecular weight excluding hydrogens is 387 g/mol. The first-order chi connectivity index (χ1) is 9.29. The zero-order valence-corrected chi connectivity index (χ0v) is 13.8. The highest BCUT2D eigenvalue weighted by Gasteiger charge is 2.16. The molecule has 0 aliphatic carbocycles. The normalized spacial score (nSPS) is 11.3. The smallest absolute Gasteiger partial charge is 0.261 e. The predicted molar refractivity (Wildman–Crippen MR) is 85.8 cm³/mol. The van der Waals surface area contributed by atoms with Crippen molar-refractivity contribution in [3.05, 3.63) is 50.9 Å². The van der Waals surface area contributed by atoms with Crippen LogP contribution in [0.3, 0.4) is 0 Å². The number of halogens is 3. The minimum atomic E-state index is -3.75. The summed E-state index contributed by atoms with van der Waals surface area (Å²) < 4.78 is 27.5. The third-order valence-electron chi connectivity index (χ3n) is 2.46. The summed E-state index contributed by atoms with van der Waals surface area (Å²) in [6, 6.07) is 8.85. The maximum absolute atomic E-state index is 12.2. The summed E-state index contributed by atoms with van der Waals surface area (Å²) in [5, 5.41) is 0.679. The van der Waals surface area contributed by atoms with Gasteiger partial charge in [0.1, 0.15) is 0 Å². The van der Waals surface area contributed by atoms with E-state index in [4.69, 9.17) is 28.9 Å². The molecule has 20 heavy (non-hydrogen) atoms. The van der Waals surface area contributed by atoms with Gasteiger partial charge in [0.15, 0.2) is 0 Å². The molecule has 0 saturated heterocycles. The molecule has 106 valence electrons. The molecule has 0 aliphatic rings. The summed E-state index contributed by atoms with van der Waals surface area (Å²) in [4.78, 5) is 0.0264. The Morgan fingerprint density at radius 1 is 1.10 bits per heavy atom. The van der Waals surface area contributed by atoms with Crippen LogP contribution in [0.1, 0.15) is 0 Å². The van der Waals surface area contributed by atoms with Crippen molar-refractivity contribution in [1.82, 2.24) is 0 Å². The van der Waals surface area contributed by atoms with Crippen molar-refractivity contribution in [3.63, 3.8) is 0 Å². The Morgan fingerprint density at radius 2 is 1.80 bits per heavy atom. The quantitative estimate of drug-likeness (QED) is 0.767. The average molecular weight is 396 g/mol. The molecule has 2 rings (SSSR count). The second kappa shape index (κ2) is 5.81. The summed E-state index contributed by atoms with van der Waals surface area (Å²) in [6.07, 6.45) is 0. The molecule has 0 atom stereocenters. The molecule has 0 amide bonds. The molecule has 2 aromatic rings. The van der Waals surface area contributed by atoms with E-state index < -0.39 is 10.0 Å². The van der Waals surface area contributed by atoms with Crippen molar-refractivity contribution in [1.29, 1.82) is 0 Å². The van der Waals surface area contributed by atoms with Gasteiger partial charge in [-0.1, -0.05) is 23.2 Å². The van der Waals surface area contributed by atoms with E-state index in [9.17, 15) is 8.42 Å². The van der Waals surface area contributed by atoms with E-state index in [-0.39, 0.29) is 9.92 Å². The zero-order chi connectivity index (χ0) is 14.9. The van der Waals surface area contributed by atoms with Gasteiger partial charge < -0.3 is 5.73 Å². The number of nitrogens with one attached hydrogen (secondary N) is 1. The number of rotatable bonds is 3. The Kier molecular flexibility index (Phi) is 4.49. The molecule has 0 saturated carbocycles. The van der Waals surface area contributed by atoms with Gasteiger partial charge in [0.2, 0.25) is 0 Å². The maximum atomic E-state index is 12.2. The topological polar surface area (TPSA) is 72.2 Å². The van der Waals surface area contributed by atoms with Crippen LogP contribution in [0.4, 0.5) is 11.4 Å². The summed E-state index contributed by atoms with van der Waals surface area (Å²) >= 11 is 14.9. The van der Waals surface area contributed by atoms with Crippen LogP contribution in [0.2, 0.25) is 10.0 Å². The number of nitrogens with two attached hydrogens (primary N) is 1. The molecule has 0 fully saturated rings. The molecule has 0 heterocycles. The van der Waals surface area contributed by atoms with Gasteiger partial charge in [-0.15, -0.1) is 0 Å². The lowest BCUT2D eigenvalue weighted by Crippen LogP contribution is -2.13. The fourth-order valence-corrected chi connectivity index (χ4v) is 3.71. The number of nitrogen functional groups attached to an aromatic ring is 1. The molecule has 0 aliphatic heterocycles. The van der Waals surface area contributed by atoms with Gasteiger partial charge in [-0.05, 0) is 52.3 Å².